The van der Waals surface area contributed by atoms with Crippen LogP contribution in [0.1, 0.15) is 55.2 Å². The van der Waals surface area contributed by atoms with Gasteiger partial charge in [-0.1, -0.05) is 62.7 Å². The zero-order valence-electron chi connectivity index (χ0n) is 15.8. The van der Waals surface area contributed by atoms with Crippen LogP contribution in [0, 0.1) is 6.92 Å². The van der Waals surface area contributed by atoms with Gasteiger partial charge in [-0.05, 0) is 35.6 Å². The van der Waals surface area contributed by atoms with Gasteiger partial charge in [0.2, 0.25) is 0 Å². The largest absolute Gasteiger partial charge is 0.486 e. The second-order valence-corrected chi connectivity index (χ2v) is 7.59. The van der Waals surface area contributed by atoms with E-state index in [9.17, 15) is 0 Å². The number of ether oxygens (including phenoxy) is 1. The molecular formula is C21H26N4O. The molecule has 1 unspecified atom stereocenters. The highest BCUT2D eigenvalue weighted by Gasteiger charge is 2.15. The van der Waals surface area contributed by atoms with E-state index < -0.39 is 0 Å². The summed E-state index contributed by atoms with van der Waals surface area (Å²) in [6.07, 6.45) is 0. The van der Waals surface area contributed by atoms with Crippen molar-refractivity contribution in [2.24, 2.45) is 5.73 Å². The minimum Gasteiger partial charge on any atom is -0.486 e. The van der Waals surface area contributed by atoms with Gasteiger partial charge in [0.25, 0.3) is 0 Å². The Bertz CT molecular complexity index is 845. The molecule has 0 radical (unpaired) electrons. The van der Waals surface area contributed by atoms with Gasteiger partial charge in [0.1, 0.15) is 12.4 Å². The highest BCUT2D eigenvalue weighted by molar-refractivity contribution is 5.31. The summed E-state index contributed by atoms with van der Waals surface area (Å²) in [5, 5.41) is 7.14. The van der Waals surface area contributed by atoms with E-state index in [1.807, 2.05) is 43.3 Å². The van der Waals surface area contributed by atoms with Crippen LogP contribution in [-0.2, 0) is 12.0 Å². The van der Waals surface area contributed by atoms with E-state index in [0.29, 0.717) is 18.3 Å². The molecule has 136 valence electrons. The molecular weight excluding hydrogens is 324 g/mol. The third-order valence-corrected chi connectivity index (χ3v) is 4.36. The third kappa shape index (κ3) is 4.29. The van der Waals surface area contributed by atoms with Crippen molar-refractivity contribution in [3.63, 3.8) is 0 Å². The summed E-state index contributed by atoms with van der Waals surface area (Å²) in [5.74, 6) is 2.02. The summed E-state index contributed by atoms with van der Waals surface area (Å²) >= 11 is 0. The molecule has 0 saturated heterocycles. The molecule has 0 bridgehead atoms. The number of H-pyrrole nitrogens is 1. The molecule has 1 heterocycles. The maximum atomic E-state index is 6.26. The highest BCUT2D eigenvalue weighted by Crippen LogP contribution is 2.24. The van der Waals surface area contributed by atoms with Crippen molar-refractivity contribution in [1.82, 2.24) is 15.2 Å². The van der Waals surface area contributed by atoms with Crippen LogP contribution in [0.2, 0.25) is 0 Å². The van der Waals surface area contributed by atoms with Gasteiger partial charge in [-0.3, -0.25) is 5.10 Å². The fourth-order valence-electron chi connectivity index (χ4n) is 2.64. The Morgan fingerprint density at radius 3 is 2.31 bits per heavy atom. The number of hydrogen-bond acceptors (Lipinski definition) is 4. The van der Waals surface area contributed by atoms with Crippen LogP contribution in [0.4, 0.5) is 0 Å². The summed E-state index contributed by atoms with van der Waals surface area (Å²) in [6, 6.07) is 15.9. The second-order valence-electron chi connectivity index (χ2n) is 7.59. The van der Waals surface area contributed by atoms with Crippen molar-refractivity contribution in [2.45, 2.75) is 45.8 Å². The van der Waals surface area contributed by atoms with Crippen molar-refractivity contribution in [3.05, 3.63) is 76.9 Å². The first-order chi connectivity index (χ1) is 12.3. The fraction of sp³-hybridized carbons (Fsp3) is 0.333. The summed E-state index contributed by atoms with van der Waals surface area (Å²) in [4.78, 5) is 4.46. The lowest BCUT2D eigenvalue weighted by Gasteiger charge is -2.19. The van der Waals surface area contributed by atoms with Gasteiger partial charge in [-0.2, -0.15) is 5.10 Å². The molecule has 2 aromatic carbocycles. The lowest BCUT2D eigenvalue weighted by atomic mass is 9.87. The van der Waals surface area contributed by atoms with Crippen LogP contribution >= 0.6 is 0 Å². The molecule has 0 spiro atoms. The minimum absolute atomic E-state index is 0.129. The van der Waals surface area contributed by atoms with Gasteiger partial charge in [0.05, 0.1) is 6.04 Å². The van der Waals surface area contributed by atoms with Crippen LogP contribution in [0.5, 0.6) is 5.75 Å². The molecule has 5 heteroatoms. The van der Waals surface area contributed by atoms with E-state index in [4.69, 9.17) is 10.5 Å². The normalized spacial score (nSPS) is 12.8. The molecule has 3 aromatic rings. The van der Waals surface area contributed by atoms with Crippen LogP contribution in [-0.4, -0.2) is 15.2 Å². The van der Waals surface area contributed by atoms with Crippen LogP contribution in [0.25, 0.3) is 0 Å². The first-order valence-electron chi connectivity index (χ1n) is 8.79. The van der Waals surface area contributed by atoms with Gasteiger partial charge < -0.3 is 10.5 Å². The molecule has 0 amide bonds. The molecule has 0 fully saturated rings. The standard InChI is InChI=1S/C21H26N4O/c1-14-5-7-15(8-6-14)19(22)20-23-18(24-25-20)13-26-17-11-9-16(10-12-17)21(2,3)4/h5-12,19H,13,22H2,1-4H3,(H,23,24,25). The molecule has 0 aliphatic heterocycles. The molecule has 5 nitrogen and oxygen atoms in total. The van der Waals surface area contributed by atoms with Crippen molar-refractivity contribution < 1.29 is 4.74 Å². The highest BCUT2D eigenvalue weighted by atomic mass is 16.5. The average Bonchev–Trinajstić information content (AvgIpc) is 3.08. The van der Waals surface area contributed by atoms with E-state index in [0.717, 1.165) is 11.3 Å². The Balaban J connectivity index is 1.62. The first kappa shape index (κ1) is 18.1. The molecule has 1 aromatic heterocycles. The Hall–Kier alpha value is -2.66. The number of aromatic amines is 1. The number of nitrogens with one attached hydrogen (secondary N) is 1. The Morgan fingerprint density at radius 1 is 1.04 bits per heavy atom. The van der Waals surface area contributed by atoms with E-state index in [-0.39, 0.29) is 11.5 Å². The minimum atomic E-state index is -0.355. The van der Waals surface area contributed by atoms with Gasteiger partial charge >= 0.3 is 0 Å². The van der Waals surface area contributed by atoms with Gasteiger partial charge in [-0.15, -0.1) is 0 Å². The Kier molecular flexibility index (Phi) is 5.09. The molecule has 0 aliphatic rings. The molecule has 3 rings (SSSR count). The first-order valence-corrected chi connectivity index (χ1v) is 8.79. The summed E-state index contributed by atoms with van der Waals surface area (Å²) < 4.78 is 5.80. The predicted molar refractivity (Wildman–Crippen MR) is 103 cm³/mol. The molecule has 3 N–H and O–H groups in total. The summed E-state index contributed by atoms with van der Waals surface area (Å²) in [6.45, 7) is 8.94. The van der Waals surface area contributed by atoms with Crippen LogP contribution < -0.4 is 10.5 Å². The lowest BCUT2D eigenvalue weighted by Crippen LogP contribution is -2.13. The number of hydrogen-bond donors (Lipinski definition) is 2. The predicted octanol–water partition coefficient (Wildman–Crippen LogP) is 4.04. The zero-order chi connectivity index (χ0) is 18.7. The maximum absolute atomic E-state index is 6.26. The van der Waals surface area contributed by atoms with E-state index in [2.05, 4.69) is 48.1 Å². The number of nitrogens with zero attached hydrogens (tertiary/aromatic N) is 2. The van der Waals surface area contributed by atoms with E-state index in [1.54, 1.807) is 0 Å². The quantitative estimate of drug-likeness (QED) is 0.728. The topological polar surface area (TPSA) is 76.8 Å². The zero-order valence-corrected chi connectivity index (χ0v) is 15.8. The van der Waals surface area contributed by atoms with E-state index >= 15 is 0 Å². The van der Waals surface area contributed by atoms with Crippen LogP contribution in [0.15, 0.2) is 48.5 Å². The molecule has 0 saturated carbocycles. The Labute approximate surface area is 154 Å². The number of benzene rings is 2. The Morgan fingerprint density at radius 2 is 1.69 bits per heavy atom. The van der Waals surface area contributed by atoms with Gasteiger partial charge in [0, 0.05) is 0 Å². The lowest BCUT2D eigenvalue weighted by molar-refractivity contribution is 0.296. The van der Waals surface area contributed by atoms with Crippen LogP contribution in [0.3, 0.4) is 0 Å². The number of nitrogens with two attached hydrogens (primary N) is 1. The van der Waals surface area contributed by atoms with Crippen molar-refractivity contribution >= 4 is 0 Å². The second kappa shape index (κ2) is 7.30. The smallest absolute Gasteiger partial charge is 0.172 e. The average molecular weight is 350 g/mol. The van der Waals surface area contributed by atoms with E-state index in [1.165, 1.54) is 11.1 Å². The SMILES string of the molecule is Cc1ccc(C(N)c2n[nH]c(COc3ccc(C(C)(C)C)cc3)n2)cc1. The summed E-state index contributed by atoms with van der Waals surface area (Å²) in [7, 11) is 0. The van der Waals surface area contributed by atoms with Crippen molar-refractivity contribution in [1.29, 1.82) is 0 Å². The number of aryl methyl sites for hydroxylation is 1. The molecule has 1 atom stereocenters. The number of aromatic nitrogens is 3. The van der Waals surface area contributed by atoms with Crippen molar-refractivity contribution in [3.8, 4) is 5.75 Å². The third-order valence-electron chi connectivity index (χ3n) is 4.36. The van der Waals surface area contributed by atoms with Gasteiger partial charge in [-0.25, -0.2) is 4.98 Å². The monoisotopic (exact) mass is 350 g/mol. The van der Waals surface area contributed by atoms with Gasteiger partial charge in [0.15, 0.2) is 11.6 Å². The van der Waals surface area contributed by atoms with Crippen molar-refractivity contribution in [2.75, 3.05) is 0 Å². The number of rotatable bonds is 5. The summed E-state index contributed by atoms with van der Waals surface area (Å²) in [5.41, 5.74) is 9.84. The molecule has 0 aliphatic carbocycles. The molecule has 26 heavy (non-hydrogen) atoms. The maximum Gasteiger partial charge on any atom is 0.172 e. The fourth-order valence-corrected chi connectivity index (χ4v) is 2.64.